The molecule has 2 aliphatic heterocycles. The van der Waals surface area contributed by atoms with Gasteiger partial charge in [0, 0.05) is 11.8 Å². The Morgan fingerprint density at radius 3 is 2.47 bits per heavy atom. The molecule has 0 atom stereocenters. The van der Waals surface area contributed by atoms with E-state index < -0.39 is 17.6 Å². The van der Waals surface area contributed by atoms with Gasteiger partial charge in [-0.15, -0.1) is 0 Å². The molecule has 0 aliphatic carbocycles. The number of hydrogen-bond donors (Lipinski definition) is 1. The van der Waals surface area contributed by atoms with Crippen LogP contribution in [-0.4, -0.2) is 25.7 Å². The molecule has 0 bridgehead atoms. The van der Waals surface area contributed by atoms with Crippen molar-refractivity contribution in [3.63, 3.8) is 0 Å². The summed E-state index contributed by atoms with van der Waals surface area (Å²) in [5.74, 6) is -0.0640. The normalized spacial score (nSPS) is 14.9. The number of hydrogen-bond acceptors (Lipinski definition) is 6. The number of halogens is 1. The standard InChI is InChI=1S/C24H17FN2O5/c1-30-18-5-3-2-4-17(18)27-23(28)21(14-6-8-15(25)9-7-14)22(24(27)29)26-16-10-11-19-20(12-16)32-13-31-19/h2-12,26H,13H2,1H3. The van der Waals surface area contributed by atoms with E-state index in [2.05, 4.69) is 5.32 Å². The zero-order valence-corrected chi connectivity index (χ0v) is 16.9. The molecular formula is C24H17FN2O5. The molecule has 8 heteroatoms. The summed E-state index contributed by atoms with van der Waals surface area (Å²) in [6.07, 6.45) is 0. The van der Waals surface area contributed by atoms with Crippen molar-refractivity contribution in [3.05, 3.63) is 83.8 Å². The first-order valence-corrected chi connectivity index (χ1v) is 9.75. The quantitative estimate of drug-likeness (QED) is 0.615. The number of imide groups is 1. The summed E-state index contributed by atoms with van der Waals surface area (Å²) in [5, 5.41) is 3.05. The van der Waals surface area contributed by atoms with Crippen LogP contribution in [0.25, 0.3) is 5.57 Å². The van der Waals surface area contributed by atoms with Crippen molar-refractivity contribution >= 4 is 28.8 Å². The van der Waals surface area contributed by atoms with Crippen LogP contribution in [0.2, 0.25) is 0 Å². The van der Waals surface area contributed by atoms with E-state index in [1.54, 1.807) is 42.5 Å². The van der Waals surface area contributed by atoms with Crippen LogP contribution in [0.3, 0.4) is 0 Å². The van der Waals surface area contributed by atoms with Crippen LogP contribution < -0.4 is 24.4 Å². The zero-order valence-electron chi connectivity index (χ0n) is 16.9. The number of amides is 2. The maximum absolute atomic E-state index is 13.5. The molecule has 0 saturated carbocycles. The number of fused-ring (bicyclic) bond motifs is 1. The van der Waals surface area contributed by atoms with E-state index in [0.29, 0.717) is 34.2 Å². The lowest BCUT2D eigenvalue weighted by Gasteiger charge is -2.18. The Labute approximate surface area is 182 Å². The van der Waals surface area contributed by atoms with E-state index in [4.69, 9.17) is 14.2 Å². The Morgan fingerprint density at radius 2 is 1.69 bits per heavy atom. The van der Waals surface area contributed by atoms with Gasteiger partial charge < -0.3 is 19.5 Å². The molecule has 2 aliphatic rings. The summed E-state index contributed by atoms with van der Waals surface area (Å²) < 4.78 is 29.6. The van der Waals surface area contributed by atoms with Gasteiger partial charge in [0.2, 0.25) is 6.79 Å². The van der Waals surface area contributed by atoms with Gasteiger partial charge in [-0.2, -0.15) is 0 Å². The average Bonchev–Trinajstić information content (AvgIpc) is 3.36. The highest BCUT2D eigenvalue weighted by atomic mass is 19.1. The molecule has 7 nitrogen and oxygen atoms in total. The first-order valence-electron chi connectivity index (χ1n) is 9.75. The van der Waals surface area contributed by atoms with Crippen molar-refractivity contribution < 1.29 is 28.2 Å². The fourth-order valence-electron chi connectivity index (χ4n) is 3.68. The number of carbonyl (C=O) groups is 2. The lowest BCUT2D eigenvalue weighted by molar-refractivity contribution is -0.120. The van der Waals surface area contributed by atoms with Gasteiger partial charge in [0.05, 0.1) is 18.4 Å². The number of methoxy groups -OCH3 is 1. The molecule has 0 unspecified atom stereocenters. The van der Waals surface area contributed by atoms with Gasteiger partial charge in [-0.25, -0.2) is 9.29 Å². The second kappa shape index (κ2) is 7.73. The lowest BCUT2D eigenvalue weighted by Crippen LogP contribution is -2.32. The van der Waals surface area contributed by atoms with Crippen LogP contribution in [-0.2, 0) is 9.59 Å². The van der Waals surface area contributed by atoms with Crippen LogP contribution in [0, 0.1) is 5.82 Å². The second-order valence-corrected chi connectivity index (χ2v) is 7.07. The summed E-state index contributed by atoms with van der Waals surface area (Å²) in [7, 11) is 1.46. The number of benzene rings is 3. The molecule has 0 radical (unpaired) electrons. The number of anilines is 2. The summed E-state index contributed by atoms with van der Waals surface area (Å²) in [5.41, 5.74) is 1.44. The molecule has 3 aromatic carbocycles. The Kier molecular flexibility index (Phi) is 4.74. The molecule has 0 spiro atoms. The van der Waals surface area contributed by atoms with Gasteiger partial charge in [-0.3, -0.25) is 9.59 Å². The smallest absolute Gasteiger partial charge is 0.282 e. The summed E-state index contributed by atoms with van der Waals surface area (Å²) in [6, 6.07) is 17.2. The molecule has 2 heterocycles. The van der Waals surface area contributed by atoms with Gasteiger partial charge in [0.15, 0.2) is 11.5 Å². The molecule has 2 amide bonds. The maximum atomic E-state index is 13.5. The van der Waals surface area contributed by atoms with Crippen molar-refractivity contribution in [1.29, 1.82) is 0 Å². The monoisotopic (exact) mass is 432 g/mol. The van der Waals surface area contributed by atoms with E-state index in [1.165, 1.54) is 31.4 Å². The third kappa shape index (κ3) is 3.22. The average molecular weight is 432 g/mol. The van der Waals surface area contributed by atoms with Crippen molar-refractivity contribution in [2.24, 2.45) is 0 Å². The van der Waals surface area contributed by atoms with E-state index in [9.17, 15) is 14.0 Å². The minimum absolute atomic E-state index is 0.0615. The summed E-state index contributed by atoms with van der Waals surface area (Å²) in [4.78, 5) is 28.0. The van der Waals surface area contributed by atoms with E-state index in [1.807, 2.05) is 0 Å². The molecule has 0 fully saturated rings. The Morgan fingerprint density at radius 1 is 0.938 bits per heavy atom. The fraction of sp³-hybridized carbons (Fsp3) is 0.0833. The second-order valence-electron chi connectivity index (χ2n) is 7.07. The first kappa shape index (κ1) is 19.6. The van der Waals surface area contributed by atoms with Crippen molar-refractivity contribution in [1.82, 2.24) is 0 Å². The lowest BCUT2D eigenvalue weighted by atomic mass is 10.0. The third-order valence-corrected chi connectivity index (χ3v) is 5.18. The number of para-hydroxylation sites is 2. The maximum Gasteiger partial charge on any atom is 0.282 e. The number of ether oxygens (including phenoxy) is 3. The number of nitrogens with zero attached hydrogens (tertiary/aromatic N) is 1. The third-order valence-electron chi connectivity index (χ3n) is 5.18. The van der Waals surface area contributed by atoms with Crippen LogP contribution in [0.15, 0.2) is 72.4 Å². The largest absolute Gasteiger partial charge is 0.495 e. The predicted molar refractivity (Wildman–Crippen MR) is 115 cm³/mol. The molecule has 0 saturated heterocycles. The number of nitrogens with one attached hydrogen (secondary N) is 1. The van der Waals surface area contributed by atoms with Crippen molar-refractivity contribution in [2.75, 3.05) is 24.1 Å². The minimum atomic E-state index is -0.559. The fourth-order valence-corrected chi connectivity index (χ4v) is 3.68. The summed E-state index contributed by atoms with van der Waals surface area (Å²) >= 11 is 0. The molecule has 3 aromatic rings. The number of carbonyl (C=O) groups excluding carboxylic acids is 2. The molecule has 1 N–H and O–H groups in total. The first-order chi connectivity index (χ1) is 15.6. The van der Waals surface area contributed by atoms with E-state index >= 15 is 0 Å². The van der Waals surface area contributed by atoms with Crippen molar-refractivity contribution in [2.45, 2.75) is 0 Å². The van der Waals surface area contributed by atoms with Gasteiger partial charge in [-0.1, -0.05) is 24.3 Å². The van der Waals surface area contributed by atoms with Crippen LogP contribution >= 0.6 is 0 Å². The highest BCUT2D eigenvalue weighted by molar-refractivity contribution is 6.46. The molecule has 160 valence electrons. The predicted octanol–water partition coefficient (Wildman–Crippen LogP) is 3.96. The molecule has 0 aromatic heterocycles. The minimum Gasteiger partial charge on any atom is -0.495 e. The Bertz CT molecular complexity index is 1270. The van der Waals surface area contributed by atoms with Crippen molar-refractivity contribution in [3.8, 4) is 17.2 Å². The topological polar surface area (TPSA) is 77.1 Å². The van der Waals surface area contributed by atoms with Crippen LogP contribution in [0.1, 0.15) is 5.56 Å². The molecular weight excluding hydrogens is 415 g/mol. The van der Waals surface area contributed by atoms with Gasteiger partial charge >= 0.3 is 0 Å². The molecule has 5 rings (SSSR count). The van der Waals surface area contributed by atoms with Gasteiger partial charge in [-0.05, 0) is 42.0 Å². The molecule has 32 heavy (non-hydrogen) atoms. The van der Waals surface area contributed by atoms with Crippen LogP contribution in [0.5, 0.6) is 17.2 Å². The van der Waals surface area contributed by atoms with Crippen LogP contribution in [0.4, 0.5) is 15.8 Å². The summed E-state index contributed by atoms with van der Waals surface area (Å²) in [6.45, 7) is 0.112. The van der Waals surface area contributed by atoms with Gasteiger partial charge in [0.25, 0.3) is 11.8 Å². The highest BCUT2D eigenvalue weighted by Gasteiger charge is 2.41. The van der Waals surface area contributed by atoms with Gasteiger partial charge in [0.1, 0.15) is 17.3 Å². The SMILES string of the molecule is COc1ccccc1N1C(=O)C(Nc2ccc3c(c2)OCO3)=C(c2ccc(F)cc2)C1=O. The zero-order chi connectivity index (χ0) is 22.2. The Hall–Kier alpha value is -4.33. The number of rotatable bonds is 5. The highest BCUT2D eigenvalue weighted by Crippen LogP contribution is 2.39. The Balaban J connectivity index is 1.61. The van der Waals surface area contributed by atoms with E-state index in [0.717, 1.165) is 4.90 Å². The van der Waals surface area contributed by atoms with E-state index in [-0.39, 0.29) is 18.1 Å².